The maximum absolute atomic E-state index is 6.27. The van der Waals surface area contributed by atoms with Crippen molar-refractivity contribution in [1.82, 2.24) is 19.5 Å². The van der Waals surface area contributed by atoms with Crippen LogP contribution in [0.2, 0.25) is 10.0 Å². The molecule has 0 bridgehead atoms. The fourth-order valence-corrected chi connectivity index (χ4v) is 4.03. The molecule has 0 amide bonds. The Balaban J connectivity index is 1.51. The van der Waals surface area contributed by atoms with E-state index in [0.717, 1.165) is 35.4 Å². The minimum atomic E-state index is 0.556. The van der Waals surface area contributed by atoms with E-state index in [1.165, 1.54) is 10.8 Å². The number of hydrogen-bond donors (Lipinski definition) is 0. The highest BCUT2D eigenvalue weighted by Crippen LogP contribution is 2.28. The average Bonchev–Trinajstić information content (AvgIpc) is 3.05. The van der Waals surface area contributed by atoms with Crippen molar-refractivity contribution in [1.29, 1.82) is 0 Å². The van der Waals surface area contributed by atoms with Gasteiger partial charge in [0.15, 0.2) is 0 Å². The molecule has 0 saturated heterocycles. The molecule has 0 unspecified atom stereocenters. The summed E-state index contributed by atoms with van der Waals surface area (Å²) in [6, 6.07) is 16.1. The molecule has 0 N–H and O–H groups in total. The molecule has 0 spiro atoms. The fraction of sp³-hybridized carbons (Fsp3) is 0.136. The molecule has 0 radical (unpaired) electrons. The third-order valence-corrected chi connectivity index (χ3v) is 5.73. The van der Waals surface area contributed by atoms with E-state index in [0.29, 0.717) is 21.1 Å². The number of nitrogens with zero attached hydrogens (tertiary/aromatic N) is 4. The van der Waals surface area contributed by atoms with Crippen LogP contribution in [0.4, 0.5) is 0 Å². The lowest BCUT2D eigenvalue weighted by Gasteiger charge is -2.05. The predicted octanol–water partition coefficient (Wildman–Crippen LogP) is 5.76. The van der Waals surface area contributed by atoms with Crippen LogP contribution in [0, 0.1) is 0 Å². The zero-order valence-electron chi connectivity index (χ0n) is 15.2. The second kappa shape index (κ2) is 6.73. The molecule has 0 saturated carbocycles. The number of rotatable bonds is 3. The number of benzene rings is 3. The minimum absolute atomic E-state index is 0.556. The van der Waals surface area contributed by atoms with Crippen LogP contribution in [0.15, 0.2) is 54.7 Å². The highest BCUT2D eigenvalue weighted by atomic mass is 35.5. The topological polar surface area (TPSA) is 43.6 Å². The van der Waals surface area contributed by atoms with Crippen molar-refractivity contribution in [3.05, 3.63) is 76.3 Å². The lowest BCUT2D eigenvalue weighted by Crippen LogP contribution is -2.02. The van der Waals surface area contributed by atoms with Crippen molar-refractivity contribution >= 4 is 56.0 Å². The largest absolute Gasteiger partial charge is 0.331 e. The van der Waals surface area contributed by atoms with Crippen LogP contribution >= 0.6 is 23.2 Å². The van der Waals surface area contributed by atoms with E-state index in [-0.39, 0.29) is 0 Å². The third-order valence-electron chi connectivity index (χ3n) is 5.12. The van der Waals surface area contributed by atoms with Crippen molar-refractivity contribution in [2.24, 2.45) is 7.05 Å². The molecule has 138 valence electrons. The molecule has 0 atom stereocenters. The van der Waals surface area contributed by atoms with Crippen LogP contribution in [0.3, 0.4) is 0 Å². The number of imidazole rings is 1. The molecule has 0 aliphatic carbocycles. The van der Waals surface area contributed by atoms with Gasteiger partial charge in [-0.3, -0.25) is 4.98 Å². The van der Waals surface area contributed by atoms with Gasteiger partial charge in [-0.2, -0.15) is 0 Å². The van der Waals surface area contributed by atoms with E-state index in [1.807, 2.05) is 6.07 Å². The van der Waals surface area contributed by atoms with Crippen molar-refractivity contribution in [3.8, 4) is 0 Å². The third kappa shape index (κ3) is 2.81. The first-order valence-corrected chi connectivity index (χ1v) is 9.80. The standard InChI is InChI=1S/C22H16Cl2N4/c1-28-18-10-6-13-4-2-3-5-15(13)20(18)27-19(28)11-7-14-12-25-21-16(23)8-9-17(24)22(21)26-14/h2-6,8-10,12H,7,11H2,1H3. The van der Waals surface area contributed by atoms with E-state index in [4.69, 9.17) is 28.2 Å². The summed E-state index contributed by atoms with van der Waals surface area (Å²) in [6.45, 7) is 0. The zero-order valence-corrected chi connectivity index (χ0v) is 16.7. The van der Waals surface area contributed by atoms with E-state index in [2.05, 4.69) is 51.9 Å². The summed E-state index contributed by atoms with van der Waals surface area (Å²) in [6.07, 6.45) is 3.25. The normalized spacial score (nSPS) is 11.7. The van der Waals surface area contributed by atoms with Crippen LogP contribution in [0.1, 0.15) is 11.5 Å². The summed E-state index contributed by atoms with van der Waals surface area (Å²) < 4.78 is 2.15. The summed E-state index contributed by atoms with van der Waals surface area (Å²) >= 11 is 12.5. The first-order valence-electron chi connectivity index (χ1n) is 9.04. The van der Waals surface area contributed by atoms with Crippen LogP contribution in [-0.4, -0.2) is 19.5 Å². The number of aryl methyl sites for hydroxylation is 3. The lowest BCUT2D eigenvalue weighted by atomic mass is 10.1. The Bertz CT molecular complexity index is 1360. The molecule has 5 aromatic rings. The highest BCUT2D eigenvalue weighted by molar-refractivity contribution is 6.39. The Hall–Kier alpha value is -2.69. The van der Waals surface area contributed by atoms with E-state index in [1.54, 1.807) is 18.3 Å². The average molecular weight is 407 g/mol. The summed E-state index contributed by atoms with van der Waals surface area (Å²) in [5, 5.41) is 3.49. The minimum Gasteiger partial charge on any atom is -0.331 e. The van der Waals surface area contributed by atoms with Gasteiger partial charge in [0.25, 0.3) is 0 Å². The van der Waals surface area contributed by atoms with Crippen LogP contribution in [0.25, 0.3) is 32.8 Å². The summed E-state index contributed by atoms with van der Waals surface area (Å²) in [7, 11) is 2.06. The molecule has 0 fully saturated rings. The molecule has 3 aromatic carbocycles. The van der Waals surface area contributed by atoms with Gasteiger partial charge in [-0.1, -0.05) is 53.5 Å². The smallest absolute Gasteiger partial charge is 0.110 e. The monoisotopic (exact) mass is 406 g/mol. The Morgan fingerprint density at radius 1 is 0.821 bits per heavy atom. The molecular weight excluding hydrogens is 391 g/mol. The number of fused-ring (bicyclic) bond motifs is 4. The zero-order chi connectivity index (χ0) is 19.3. The van der Waals surface area contributed by atoms with Gasteiger partial charge in [0.05, 0.1) is 26.8 Å². The molecule has 28 heavy (non-hydrogen) atoms. The Labute approximate surface area is 171 Å². The lowest BCUT2D eigenvalue weighted by molar-refractivity contribution is 0.776. The highest BCUT2D eigenvalue weighted by Gasteiger charge is 2.12. The molecule has 5 rings (SSSR count). The van der Waals surface area contributed by atoms with Crippen LogP contribution < -0.4 is 0 Å². The van der Waals surface area contributed by atoms with Crippen molar-refractivity contribution in [3.63, 3.8) is 0 Å². The molecule has 6 heteroatoms. The second-order valence-corrected chi connectivity index (χ2v) is 7.64. The maximum Gasteiger partial charge on any atom is 0.110 e. The first kappa shape index (κ1) is 17.4. The van der Waals surface area contributed by atoms with Crippen molar-refractivity contribution in [2.75, 3.05) is 0 Å². The summed E-state index contributed by atoms with van der Waals surface area (Å²) in [5.74, 6) is 1.02. The maximum atomic E-state index is 6.27. The molecule has 0 aliphatic heterocycles. The SMILES string of the molecule is Cn1c(CCc2cnc3c(Cl)ccc(Cl)c3n2)nc2c3ccccc3ccc21. The Morgan fingerprint density at radius 2 is 1.61 bits per heavy atom. The van der Waals surface area contributed by atoms with Gasteiger partial charge in [0.1, 0.15) is 16.9 Å². The van der Waals surface area contributed by atoms with Gasteiger partial charge in [0, 0.05) is 25.1 Å². The van der Waals surface area contributed by atoms with E-state index >= 15 is 0 Å². The molecule has 0 aliphatic rings. The fourth-order valence-electron chi connectivity index (χ4n) is 3.63. The van der Waals surface area contributed by atoms with Crippen LogP contribution in [-0.2, 0) is 19.9 Å². The van der Waals surface area contributed by atoms with Crippen molar-refractivity contribution < 1.29 is 0 Å². The van der Waals surface area contributed by atoms with Gasteiger partial charge in [-0.15, -0.1) is 0 Å². The quantitative estimate of drug-likeness (QED) is 0.382. The van der Waals surface area contributed by atoms with E-state index in [9.17, 15) is 0 Å². The predicted molar refractivity (Wildman–Crippen MR) is 115 cm³/mol. The van der Waals surface area contributed by atoms with Gasteiger partial charge in [-0.25, -0.2) is 9.97 Å². The Kier molecular flexibility index (Phi) is 4.18. The van der Waals surface area contributed by atoms with Crippen molar-refractivity contribution in [2.45, 2.75) is 12.8 Å². The number of halogens is 2. The first-order chi connectivity index (χ1) is 13.6. The molecule has 4 nitrogen and oxygen atoms in total. The van der Waals surface area contributed by atoms with E-state index < -0.39 is 0 Å². The van der Waals surface area contributed by atoms with Gasteiger partial charge in [-0.05, 0) is 30.0 Å². The van der Waals surface area contributed by atoms with Gasteiger partial charge >= 0.3 is 0 Å². The van der Waals surface area contributed by atoms with Gasteiger partial charge in [0.2, 0.25) is 0 Å². The van der Waals surface area contributed by atoms with Crippen LogP contribution in [0.5, 0.6) is 0 Å². The Morgan fingerprint density at radius 3 is 2.46 bits per heavy atom. The molecule has 2 heterocycles. The van der Waals surface area contributed by atoms with Gasteiger partial charge < -0.3 is 4.57 Å². The number of hydrogen-bond acceptors (Lipinski definition) is 3. The molecular formula is C22H16Cl2N4. The summed E-state index contributed by atoms with van der Waals surface area (Å²) in [5.41, 5.74) is 4.31. The number of aromatic nitrogens is 4. The second-order valence-electron chi connectivity index (χ2n) is 6.83. The molecule has 2 aromatic heterocycles. The summed E-state index contributed by atoms with van der Waals surface area (Å²) in [4.78, 5) is 14.0.